The SMILES string of the molecule is Cc1cc(C(=O)Nc2scc(-c3ccc(CC(C)C)cc3)c2C(N)=O)c(C)o1. The van der Waals surface area contributed by atoms with Crippen molar-refractivity contribution in [3.05, 3.63) is 63.9 Å². The first-order valence-corrected chi connectivity index (χ1v) is 10.0. The summed E-state index contributed by atoms with van der Waals surface area (Å²) in [6, 6.07) is 9.78. The summed E-state index contributed by atoms with van der Waals surface area (Å²) in [6.45, 7) is 7.87. The number of hydrogen-bond donors (Lipinski definition) is 2. The Morgan fingerprint density at radius 1 is 1.18 bits per heavy atom. The summed E-state index contributed by atoms with van der Waals surface area (Å²) in [4.78, 5) is 24.7. The van der Waals surface area contributed by atoms with Crippen molar-refractivity contribution in [1.29, 1.82) is 0 Å². The van der Waals surface area contributed by atoms with Crippen LogP contribution in [0.5, 0.6) is 0 Å². The van der Waals surface area contributed by atoms with Crippen molar-refractivity contribution >= 4 is 28.2 Å². The number of hydrogen-bond acceptors (Lipinski definition) is 4. The van der Waals surface area contributed by atoms with Crippen molar-refractivity contribution in [3.8, 4) is 11.1 Å². The van der Waals surface area contributed by atoms with Gasteiger partial charge in [0.05, 0.1) is 11.1 Å². The first-order valence-electron chi connectivity index (χ1n) is 9.15. The lowest BCUT2D eigenvalue weighted by Crippen LogP contribution is -2.17. The lowest BCUT2D eigenvalue weighted by Gasteiger charge is -2.08. The molecule has 0 aliphatic rings. The zero-order valence-corrected chi connectivity index (χ0v) is 17.3. The Balaban J connectivity index is 1.91. The van der Waals surface area contributed by atoms with Crippen molar-refractivity contribution in [2.75, 3.05) is 5.32 Å². The maximum atomic E-state index is 12.6. The molecule has 0 saturated carbocycles. The Morgan fingerprint density at radius 3 is 2.39 bits per heavy atom. The van der Waals surface area contributed by atoms with Gasteiger partial charge in [0.25, 0.3) is 11.8 Å². The summed E-state index contributed by atoms with van der Waals surface area (Å²) < 4.78 is 5.42. The van der Waals surface area contributed by atoms with E-state index in [4.69, 9.17) is 10.2 Å². The van der Waals surface area contributed by atoms with E-state index in [0.29, 0.717) is 33.6 Å². The molecule has 3 N–H and O–H groups in total. The number of furan rings is 1. The number of carbonyl (C=O) groups is 2. The van der Waals surface area contributed by atoms with Gasteiger partial charge in [0, 0.05) is 10.9 Å². The number of primary amides is 1. The van der Waals surface area contributed by atoms with Crippen LogP contribution in [-0.4, -0.2) is 11.8 Å². The number of thiophene rings is 1. The van der Waals surface area contributed by atoms with Gasteiger partial charge in [-0.1, -0.05) is 38.1 Å². The second kappa shape index (κ2) is 8.02. The molecule has 146 valence electrons. The minimum atomic E-state index is -0.571. The molecule has 0 aliphatic carbocycles. The topological polar surface area (TPSA) is 85.3 Å². The molecule has 2 aromatic heterocycles. The highest BCUT2D eigenvalue weighted by atomic mass is 32.1. The second-order valence-corrected chi connectivity index (χ2v) is 8.17. The quantitative estimate of drug-likeness (QED) is 0.602. The van der Waals surface area contributed by atoms with Crippen LogP contribution in [0.4, 0.5) is 5.00 Å². The second-order valence-electron chi connectivity index (χ2n) is 7.29. The molecule has 0 bridgehead atoms. The monoisotopic (exact) mass is 396 g/mol. The first-order chi connectivity index (χ1) is 13.3. The van der Waals surface area contributed by atoms with Crippen molar-refractivity contribution in [3.63, 3.8) is 0 Å². The number of nitrogens with two attached hydrogens (primary N) is 1. The van der Waals surface area contributed by atoms with Crippen molar-refractivity contribution in [2.45, 2.75) is 34.1 Å². The lowest BCUT2D eigenvalue weighted by atomic mass is 9.98. The number of carbonyl (C=O) groups excluding carboxylic acids is 2. The normalized spacial score (nSPS) is 11.0. The van der Waals surface area contributed by atoms with Gasteiger partial charge in [-0.2, -0.15) is 0 Å². The molecule has 1 aromatic carbocycles. The Kier molecular flexibility index (Phi) is 5.70. The van der Waals surface area contributed by atoms with Crippen molar-refractivity contribution in [1.82, 2.24) is 0 Å². The molecule has 5 nitrogen and oxygen atoms in total. The van der Waals surface area contributed by atoms with E-state index in [9.17, 15) is 9.59 Å². The molecular formula is C22H24N2O3S. The average Bonchev–Trinajstić information content (AvgIpc) is 3.18. The van der Waals surface area contributed by atoms with Crippen molar-refractivity contribution in [2.24, 2.45) is 11.7 Å². The lowest BCUT2D eigenvalue weighted by molar-refractivity contribution is 0.100. The first kappa shape index (κ1) is 19.9. The summed E-state index contributed by atoms with van der Waals surface area (Å²) in [7, 11) is 0. The number of amides is 2. The van der Waals surface area contributed by atoms with E-state index < -0.39 is 5.91 Å². The van der Waals surface area contributed by atoms with Crippen LogP contribution in [0.15, 0.2) is 40.1 Å². The number of aryl methyl sites for hydroxylation is 2. The molecule has 0 spiro atoms. The summed E-state index contributed by atoms with van der Waals surface area (Å²) in [5.41, 5.74) is 9.28. The van der Waals surface area contributed by atoms with Gasteiger partial charge in [-0.25, -0.2) is 0 Å². The van der Waals surface area contributed by atoms with E-state index in [0.717, 1.165) is 17.5 Å². The van der Waals surface area contributed by atoms with Gasteiger partial charge in [-0.3, -0.25) is 9.59 Å². The molecule has 0 atom stereocenters. The predicted octanol–water partition coefficient (Wildman–Crippen LogP) is 5.17. The smallest absolute Gasteiger partial charge is 0.259 e. The number of benzene rings is 1. The molecule has 3 aromatic rings. The van der Waals surface area contributed by atoms with Gasteiger partial charge in [-0.05, 0) is 43.4 Å². The Hall–Kier alpha value is -2.86. The number of nitrogens with one attached hydrogen (secondary N) is 1. The molecule has 3 rings (SSSR count). The van der Waals surface area contributed by atoms with Gasteiger partial charge < -0.3 is 15.5 Å². The van der Waals surface area contributed by atoms with Gasteiger partial charge in [0.1, 0.15) is 16.5 Å². The highest BCUT2D eigenvalue weighted by molar-refractivity contribution is 7.15. The van der Waals surface area contributed by atoms with Gasteiger partial charge >= 0.3 is 0 Å². The summed E-state index contributed by atoms with van der Waals surface area (Å²) >= 11 is 1.29. The van der Waals surface area contributed by atoms with E-state index in [2.05, 4.69) is 31.3 Å². The molecule has 0 radical (unpaired) electrons. The van der Waals surface area contributed by atoms with E-state index >= 15 is 0 Å². The Bertz CT molecular complexity index is 1010. The zero-order chi connectivity index (χ0) is 20.4. The largest absolute Gasteiger partial charge is 0.466 e. The molecule has 0 fully saturated rings. The van der Waals surface area contributed by atoms with Crippen LogP contribution in [0.1, 0.15) is 51.6 Å². The number of rotatable bonds is 6. The minimum absolute atomic E-state index is 0.322. The Labute approximate surface area is 168 Å². The van der Waals surface area contributed by atoms with Crippen LogP contribution in [0.3, 0.4) is 0 Å². The van der Waals surface area contributed by atoms with Gasteiger partial charge in [0.2, 0.25) is 0 Å². The van der Waals surface area contributed by atoms with Crippen LogP contribution in [0.2, 0.25) is 0 Å². The molecule has 6 heteroatoms. The molecule has 2 amide bonds. The molecule has 2 heterocycles. The summed E-state index contributed by atoms with van der Waals surface area (Å²) in [6.07, 6.45) is 0.997. The Morgan fingerprint density at radius 2 is 1.86 bits per heavy atom. The van der Waals surface area contributed by atoms with E-state index in [1.165, 1.54) is 16.9 Å². The van der Waals surface area contributed by atoms with Crippen molar-refractivity contribution < 1.29 is 14.0 Å². The molecule has 0 saturated heterocycles. The summed E-state index contributed by atoms with van der Waals surface area (Å²) in [5, 5.41) is 5.10. The van der Waals surface area contributed by atoms with E-state index in [1.807, 2.05) is 17.5 Å². The fraction of sp³-hybridized carbons (Fsp3) is 0.273. The molecular weight excluding hydrogens is 372 g/mol. The fourth-order valence-corrected chi connectivity index (χ4v) is 4.20. The molecule has 28 heavy (non-hydrogen) atoms. The van der Waals surface area contributed by atoms with Crippen LogP contribution in [0, 0.1) is 19.8 Å². The highest BCUT2D eigenvalue weighted by Gasteiger charge is 2.22. The third-order valence-corrected chi connectivity index (χ3v) is 5.35. The third-order valence-electron chi connectivity index (χ3n) is 4.46. The third kappa shape index (κ3) is 4.17. The van der Waals surface area contributed by atoms with Crippen LogP contribution >= 0.6 is 11.3 Å². The molecule has 0 aliphatic heterocycles. The standard InChI is InChI=1S/C22H24N2O3S/c1-12(2)9-15-5-7-16(8-6-15)18-11-28-22(19(18)20(23)25)24-21(26)17-10-13(3)27-14(17)4/h5-8,10-12H,9H2,1-4H3,(H2,23,25)(H,24,26). The number of anilines is 1. The van der Waals surface area contributed by atoms with Crippen LogP contribution in [0.25, 0.3) is 11.1 Å². The maximum Gasteiger partial charge on any atom is 0.259 e. The van der Waals surface area contributed by atoms with Crippen LogP contribution < -0.4 is 11.1 Å². The van der Waals surface area contributed by atoms with E-state index in [1.54, 1.807) is 19.9 Å². The summed E-state index contributed by atoms with van der Waals surface area (Å²) in [5.74, 6) is 0.875. The van der Waals surface area contributed by atoms with Gasteiger partial charge in [-0.15, -0.1) is 11.3 Å². The highest BCUT2D eigenvalue weighted by Crippen LogP contribution is 2.36. The maximum absolute atomic E-state index is 12.6. The average molecular weight is 397 g/mol. The predicted molar refractivity (Wildman–Crippen MR) is 113 cm³/mol. The van der Waals surface area contributed by atoms with E-state index in [-0.39, 0.29) is 5.91 Å². The van der Waals surface area contributed by atoms with Crippen LogP contribution in [-0.2, 0) is 6.42 Å². The zero-order valence-electron chi connectivity index (χ0n) is 16.5. The fourth-order valence-electron chi connectivity index (χ4n) is 3.23. The minimum Gasteiger partial charge on any atom is -0.466 e. The molecule has 0 unspecified atom stereocenters. The van der Waals surface area contributed by atoms with Gasteiger partial charge in [0.15, 0.2) is 0 Å².